The van der Waals surface area contributed by atoms with Crippen molar-refractivity contribution in [3.8, 4) is 0 Å². The van der Waals surface area contributed by atoms with Crippen molar-refractivity contribution in [2.75, 3.05) is 5.75 Å². The first kappa shape index (κ1) is 14.7. The van der Waals surface area contributed by atoms with E-state index in [1.54, 1.807) is 0 Å². The highest BCUT2D eigenvalue weighted by atomic mass is 32.2. The minimum atomic E-state index is -3.95. The molecule has 2 heterocycles. The Hall–Kier alpha value is -1.72. The molecule has 1 aliphatic rings. The molecule has 0 bridgehead atoms. The van der Waals surface area contributed by atoms with Crippen molar-refractivity contribution in [3.05, 3.63) is 23.9 Å². The first-order chi connectivity index (χ1) is 9.18. The number of nitrogens with one attached hydrogen (secondary N) is 1. The molecule has 11 heteroatoms. The van der Waals surface area contributed by atoms with Gasteiger partial charge in [0.2, 0.25) is 10.0 Å². The van der Waals surface area contributed by atoms with Crippen LogP contribution in [0.3, 0.4) is 0 Å². The third kappa shape index (κ3) is 3.43. The summed E-state index contributed by atoms with van der Waals surface area (Å²) in [6.07, 6.45) is 3.30. The highest BCUT2D eigenvalue weighted by Crippen LogP contribution is 2.13. The van der Waals surface area contributed by atoms with E-state index >= 15 is 0 Å². The van der Waals surface area contributed by atoms with E-state index in [2.05, 4.69) is 9.82 Å². The molecular formula is C9H11N3O6S2. The highest BCUT2D eigenvalue weighted by molar-refractivity contribution is 7.94. The minimum Gasteiger partial charge on any atom is -0.480 e. The Bertz CT molecular complexity index is 761. The van der Waals surface area contributed by atoms with Crippen molar-refractivity contribution >= 4 is 25.8 Å². The lowest BCUT2D eigenvalue weighted by atomic mass is 10.4. The number of aliphatic carboxylic acids is 1. The quantitative estimate of drug-likeness (QED) is 0.677. The molecular weight excluding hydrogens is 310 g/mol. The van der Waals surface area contributed by atoms with Crippen molar-refractivity contribution in [2.24, 2.45) is 0 Å². The zero-order valence-electron chi connectivity index (χ0n) is 10.0. The molecule has 1 aromatic rings. The molecule has 0 aliphatic carbocycles. The molecule has 0 saturated heterocycles. The van der Waals surface area contributed by atoms with E-state index in [0.29, 0.717) is 0 Å². The Balaban J connectivity index is 2.13. The van der Waals surface area contributed by atoms with Crippen molar-refractivity contribution in [1.82, 2.24) is 14.5 Å². The lowest BCUT2D eigenvalue weighted by molar-refractivity contribution is -0.137. The fourth-order valence-electron chi connectivity index (χ4n) is 1.62. The van der Waals surface area contributed by atoms with Gasteiger partial charge >= 0.3 is 5.97 Å². The Kier molecular flexibility index (Phi) is 3.67. The normalized spacial score (nSPS) is 21.1. The van der Waals surface area contributed by atoms with Crippen LogP contribution in [-0.2, 0) is 31.2 Å². The summed E-state index contributed by atoms with van der Waals surface area (Å²) in [4.78, 5) is 10.3. The molecule has 0 amide bonds. The largest absolute Gasteiger partial charge is 0.480 e. The van der Waals surface area contributed by atoms with E-state index in [-0.39, 0.29) is 10.6 Å². The third-order valence-corrected chi connectivity index (χ3v) is 5.29. The van der Waals surface area contributed by atoms with Gasteiger partial charge < -0.3 is 5.11 Å². The number of nitrogens with zero attached hydrogens (tertiary/aromatic N) is 2. The van der Waals surface area contributed by atoms with Crippen LogP contribution in [0.15, 0.2) is 28.8 Å². The second kappa shape index (κ2) is 5.00. The van der Waals surface area contributed by atoms with Gasteiger partial charge in [-0.25, -0.2) is 21.6 Å². The number of aromatic nitrogens is 2. The minimum absolute atomic E-state index is 0.226. The summed E-state index contributed by atoms with van der Waals surface area (Å²) < 4.78 is 49.4. The molecule has 1 aliphatic heterocycles. The summed E-state index contributed by atoms with van der Waals surface area (Å²) >= 11 is 0. The van der Waals surface area contributed by atoms with E-state index in [1.807, 2.05) is 0 Å². The third-order valence-electron chi connectivity index (χ3n) is 2.45. The smallest absolute Gasteiger partial charge is 0.325 e. The van der Waals surface area contributed by atoms with Crippen LogP contribution in [0, 0.1) is 0 Å². The van der Waals surface area contributed by atoms with Crippen LogP contribution in [-0.4, -0.2) is 49.5 Å². The van der Waals surface area contributed by atoms with Crippen molar-refractivity contribution in [3.63, 3.8) is 0 Å². The van der Waals surface area contributed by atoms with Crippen LogP contribution in [0.2, 0.25) is 0 Å². The van der Waals surface area contributed by atoms with Crippen molar-refractivity contribution in [1.29, 1.82) is 0 Å². The maximum Gasteiger partial charge on any atom is 0.325 e. The predicted octanol–water partition coefficient (Wildman–Crippen LogP) is -1.44. The Morgan fingerprint density at radius 1 is 1.55 bits per heavy atom. The van der Waals surface area contributed by atoms with Crippen LogP contribution < -0.4 is 4.72 Å². The first-order valence-electron chi connectivity index (χ1n) is 5.35. The summed E-state index contributed by atoms with van der Waals surface area (Å²) in [6.45, 7) is -0.465. The number of rotatable bonds is 5. The molecule has 1 unspecified atom stereocenters. The Morgan fingerprint density at radius 3 is 2.80 bits per heavy atom. The number of sulfonamides is 1. The van der Waals surface area contributed by atoms with E-state index in [0.717, 1.165) is 22.5 Å². The lowest BCUT2D eigenvalue weighted by Crippen LogP contribution is -2.35. The van der Waals surface area contributed by atoms with Gasteiger partial charge in [0.1, 0.15) is 11.4 Å². The van der Waals surface area contributed by atoms with Gasteiger partial charge in [0, 0.05) is 11.6 Å². The second-order valence-corrected chi connectivity index (χ2v) is 7.80. The number of hydrogen-bond donors (Lipinski definition) is 2. The van der Waals surface area contributed by atoms with Gasteiger partial charge in [-0.2, -0.15) is 5.10 Å². The van der Waals surface area contributed by atoms with Gasteiger partial charge in [-0.05, 0) is 0 Å². The zero-order valence-corrected chi connectivity index (χ0v) is 11.6. The molecule has 1 aromatic heterocycles. The fraction of sp³-hybridized carbons (Fsp3) is 0.333. The van der Waals surface area contributed by atoms with Gasteiger partial charge in [-0.15, -0.1) is 0 Å². The van der Waals surface area contributed by atoms with Crippen molar-refractivity contribution < 1.29 is 26.7 Å². The maximum atomic E-state index is 12.0. The molecule has 0 fully saturated rings. The number of hydrogen-bond acceptors (Lipinski definition) is 6. The molecule has 20 heavy (non-hydrogen) atoms. The Labute approximate surface area is 114 Å². The summed E-state index contributed by atoms with van der Waals surface area (Å²) in [5.74, 6) is -1.50. The SMILES string of the molecule is O=C(O)Cn1cc(S(=O)(=O)NC2C=CS(=O)(=O)C2)cn1. The monoisotopic (exact) mass is 321 g/mol. The second-order valence-electron chi connectivity index (χ2n) is 4.15. The molecule has 0 radical (unpaired) electrons. The van der Waals surface area contributed by atoms with Crippen LogP contribution in [0.5, 0.6) is 0 Å². The first-order valence-corrected chi connectivity index (χ1v) is 8.55. The van der Waals surface area contributed by atoms with E-state index < -0.39 is 38.4 Å². The number of carbonyl (C=O) groups is 1. The van der Waals surface area contributed by atoms with Crippen molar-refractivity contribution in [2.45, 2.75) is 17.5 Å². The zero-order chi connectivity index (χ0) is 15.0. The summed E-state index contributed by atoms with van der Waals surface area (Å²) in [5, 5.41) is 13.1. The number of sulfone groups is 1. The lowest BCUT2D eigenvalue weighted by Gasteiger charge is -2.08. The molecule has 0 spiro atoms. The van der Waals surface area contributed by atoms with E-state index in [9.17, 15) is 21.6 Å². The summed E-state index contributed by atoms with van der Waals surface area (Å²) in [5.41, 5.74) is 0. The molecule has 2 N–H and O–H groups in total. The molecule has 1 atom stereocenters. The molecule has 0 saturated carbocycles. The molecule has 0 aromatic carbocycles. The van der Waals surface area contributed by atoms with Gasteiger partial charge in [-0.3, -0.25) is 9.48 Å². The van der Waals surface area contributed by atoms with Gasteiger partial charge in [0.25, 0.3) is 0 Å². The van der Waals surface area contributed by atoms with Crippen LogP contribution in [0.1, 0.15) is 0 Å². The van der Waals surface area contributed by atoms with Gasteiger partial charge in [0.15, 0.2) is 9.84 Å². The Morgan fingerprint density at radius 2 is 2.25 bits per heavy atom. The molecule has 9 nitrogen and oxygen atoms in total. The average molecular weight is 321 g/mol. The molecule has 110 valence electrons. The topological polar surface area (TPSA) is 135 Å². The average Bonchev–Trinajstić information content (AvgIpc) is 2.84. The van der Waals surface area contributed by atoms with Crippen LogP contribution in [0.4, 0.5) is 0 Å². The van der Waals surface area contributed by atoms with Crippen LogP contribution in [0.25, 0.3) is 0 Å². The van der Waals surface area contributed by atoms with E-state index in [1.165, 1.54) is 6.08 Å². The molecule has 2 rings (SSSR count). The highest BCUT2D eigenvalue weighted by Gasteiger charge is 2.27. The van der Waals surface area contributed by atoms with E-state index in [4.69, 9.17) is 5.11 Å². The summed E-state index contributed by atoms with van der Waals surface area (Å²) in [7, 11) is -7.32. The predicted molar refractivity (Wildman–Crippen MR) is 66.9 cm³/mol. The fourth-order valence-corrected chi connectivity index (χ4v) is 4.11. The standard InChI is InChI=1S/C9H11N3O6S2/c13-9(14)5-12-4-8(3-10-12)20(17,18)11-7-1-2-19(15,16)6-7/h1-4,7,11H,5-6H2,(H,13,14). The van der Waals surface area contributed by atoms with Crippen LogP contribution >= 0.6 is 0 Å². The summed E-state index contributed by atoms with van der Waals surface area (Å²) in [6, 6.07) is -0.840. The van der Waals surface area contributed by atoms with Gasteiger partial charge in [0.05, 0.1) is 18.0 Å². The van der Waals surface area contributed by atoms with Gasteiger partial charge in [-0.1, -0.05) is 6.08 Å². The number of carboxylic acid groups (broad SMARTS) is 1. The maximum absolute atomic E-state index is 12.0. The number of carboxylic acids is 1.